The van der Waals surface area contributed by atoms with Gasteiger partial charge in [0, 0.05) is 20.1 Å². The number of nitrogens with one attached hydrogen (secondary N) is 2. The maximum atomic E-state index is 14.0. The van der Waals surface area contributed by atoms with Gasteiger partial charge < -0.3 is 20.3 Å². The molecule has 1 fully saturated rings. The number of aliphatic imine (C=N–C) groups is 1. The zero-order chi connectivity index (χ0) is 19.1. The van der Waals surface area contributed by atoms with Gasteiger partial charge in [-0.1, -0.05) is 18.9 Å². The highest BCUT2D eigenvalue weighted by molar-refractivity contribution is 14.0. The fraction of sp³-hybridized carbons (Fsp3) is 0.579. The molecule has 1 saturated carbocycles. The molecule has 6 nitrogen and oxygen atoms in total. The highest BCUT2D eigenvalue weighted by atomic mass is 127. The SMILES string of the molecule is COc1ccc(C(C)NC(=NCC(=O)N(C)C)NC2CCCC2)cc1F.I. The predicted molar refractivity (Wildman–Crippen MR) is 116 cm³/mol. The molecule has 152 valence electrons. The number of carbonyl (C=O) groups is 1. The quantitative estimate of drug-likeness (QED) is 0.364. The van der Waals surface area contributed by atoms with Crippen LogP contribution >= 0.6 is 24.0 Å². The minimum Gasteiger partial charge on any atom is -0.494 e. The molecular formula is C19H30FIN4O2. The standard InChI is InChI=1S/C19H29FN4O2.HI/c1-13(14-9-10-17(26-4)16(20)11-14)22-19(21-12-18(25)24(2)3)23-15-7-5-6-8-15;/h9-11,13,15H,5-8,12H2,1-4H3,(H2,21,22,23);1H. The van der Waals surface area contributed by atoms with Crippen LogP contribution in [0.25, 0.3) is 0 Å². The van der Waals surface area contributed by atoms with Gasteiger partial charge in [-0.05, 0) is 37.5 Å². The molecule has 0 saturated heterocycles. The van der Waals surface area contributed by atoms with Gasteiger partial charge in [0.05, 0.1) is 13.2 Å². The Balaban J connectivity index is 0.00000364. The van der Waals surface area contributed by atoms with Crippen molar-refractivity contribution >= 4 is 35.8 Å². The third-order valence-corrected chi connectivity index (χ3v) is 4.60. The van der Waals surface area contributed by atoms with Gasteiger partial charge in [-0.25, -0.2) is 9.38 Å². The summed E-state index contributed by atoms with van der Waals surface area (Å²) in [6.45, 7) is 2.00. The molecule has 0 aliphatic heterocycles. The molecule has 1 aromatic carbocycles. The molecule has 1 atom stereocenters. The summed E-state index contributed by atoms with van der Waals surface area (Å²) in [6.07, 6.45) is 4.57. The van der Waals surface area contributed by atoms with E-state index in [0.717, 1.165) is 18.4 Å². The highest BCUT2D eigenvalue weighted by Crippen LogP contribution is 2.22. The van der Waals surface area contributed by atoms with Gasteiger partial charge in [-0.2, -0.15) is 0 Å². The van der Waals surface area contributed by atoms with E-state index >= 15 is 0 Å². The fourth-order valence-corrected chi connectivity index (χ4v) is 2.92. The summed E-state index contributed by atoms with van der Waals surface area (Å²) in [5.74, 6) is 0.329. The monoisotopic (exact) mass is 492 g/mol. The van der Waals surface area contributed by atoms with E-state index in [0.29, 0.717) is 12.0 Å². The van der Waals surface area contributed by atoms with Crippen LogP contribution in [0.15, 0.2) is 23.2 Å². The molecular weight excluding hydrogens is 462 g/mol. The Bertz CT molecular complexity index is 649. The molecule has 1 aromatic rings. The Hall–Kier alpha value is -1.58. The molecule has 8 heteroatoms. The van der Waals surface area contributed by atoms with Gasteiger partial charge in [-0.15, -0.1) is 24.0 Å². The lowest BCUT2D eigenvalue weighted by molar-refractivity contribution is -0.127. The summed E-state index contributed by atoms with van der Waals surface area (Å²) in [5, 5.41) is 6.68. The number of likely N-dealkylation sites (N-methyl/N-ethyl adjacent to an activating group) is 1. The van der Waals surface area contributed by atoms with E-state index in [9.17, 15) is 9.18 Å². The van der Waals surface area contributed by atoms with Gasteiger partial charge in [-0.3, -0.25) is 4.79 Å². The Morgan fingerprint density at radius 2 is 2.04 bits per heavy atom. The van der Waals surface area contributed by atoms with E-state index in [1.54, 1.807) is 20.2 Å². The number of nitrogens with zero attached hydrogens (tertiary/aromatic N) is 2. The minimum atomic E-state index is -0.399. The van der Waals surface area contributed by atoms with E-state index < -0.39 is 5.82 Å². The average molecular weight is 492 g/mol. The first kappa shape index (κ1) is 23.5. The van der Waals surface area contributed by atoms with Crippen molar-refractivity contribution in [3.05, 3.63) is 29.6 Å². The lowest BCUT2D eigenvalue weighted by Crippen LogP contribution is -2.44. The van der Waals surface area contributed by atoms with Crippen LogP contribution in [0.5, 0.6) is 5.75 Å². The normalized spacial score (nSPS) is 15.7. The summed E-state index contributed by atoms with van der Waals surface area (Å²) < 4.78 is 18.9. The van der Waals surface area contributed by atoms with Crippen LogP contribution in [-0.4, -0.2) is 50.6 Å². The maximum absolute atomic E-state index is 14.0. The summed E-state index contributed by atoms with van der Waals surface area (Å²) >= 11 is 0. The first-order valence-electron chi connectivity index (χ1n) is 9.01. The smallest absolute Gasteiger partial charge is 0.243 e. The van der Waals surface area contributed by atoms with Gasteiger partial charge >= 0.3 is 0 Å². The number of hydrogen-bond acceptors (Lipinski definition) is 3. The van der Waals surface area contributed by atoms with E-state index in [-0.39, 0.29) is 48.2 Å². The van der Waals surface area contributed by atoms with E-state index in [1.165, 1.54) is 30.9 Å². The average Bonchev–Trinajstić information content (AvgIpc) is 3.12. The number of methoxy groups -OCH3 is 1. The van der Waals surface area contributed by atoms with E-state index in [4.69, 9.17) is 4.74 Å². The number of amides is 1. The van der Waals surface area contributed by atoms with Crippen molar-refractivity contribution in [1.82, 2.24) is 15.5 Å². The third-order valence-electron chi connectivity index (χ3n) is 4.60. The predicted octanol–water partition coefficient (Wildman–Crippen LogP) is 3.08. The molecule has 0 aromatic heterocycles. The van der Waals surface area contributed by atoms with Crippen LogP contribution < -0.4 is 15.4 Å². The highest BCUT2D eigenvalue weighted by Gasteiger charge is 2.18. The van der Waals surface area contributed by atoms with Gasteiger partial charge in [0.15, 0.2) is 17.5 Å². The molecule has 1 unspecified atom stereocenters. The largest absolute Gasteiger partial charge is 0.494 e. The molecule has 2 N–H and O–H groups in total. The first-order chi connectivity index (χ1) is 12.4. The topological polar surface area (TPSA) is 66.0 Å². The molecule has 1 aliphatic rings. The lowest BCUT2D eigenvalue weighted by Gasteiger charge is -2.22. The second-order valence-corrected chi connectivity index (χ2v) is 6.84. The number of guanidine groups is 1. The molecule has 0 radical (unpaired) electrons. The number of ether oxygens (including phenoxy) is 1. The molecule has 0 heterocycles. The van der Waals surface area contributed by atoms with Crippen molar-refractivity contribution in [2.75, 3.05) is 27.7 Å². The first-order valence-corrected chi connectivity index (χ1v) is 9.01. The Labute approximate surface area is 178 Å². The van der Waals surface area contributed by atoms with Crippen molar-refractivity contribution in [2.45, 2.75) is 44.7 Å². The zero-order valence-corrected chi connectivity index (χ0v) is 18.7. The molecule has 1 aliphatic carbocycles. The Morgan fingerprint density at radius 3 is 2.59 bits per heavy atom. The van der Waals surface area contributed by atoms with Crippen LogP contribution in [0.3, 0.4) is 0 Å². The van der Waals surface area contributed by atoms with Gasteiger partial charge in [0.2, 0.25) is 5.91 Å². The summed E-state index contributed by atoms with van der Waals surface area (Å²) in [4.78, 5) is 17.8. The molecule has 27 heavy (non-hydrogen) atoms. The Morgan fingerprint density at radius 1 is 1.37 bits per heavy atom. The van der Waals surface area contributed by atoms with Gasteiger partial charge in [0.25, 0.3) is 0 Å². The molecule has 1 amide bonds. The van der Waals surface area contributed by atoms with Crippen molar-refractivity contribution in [3.63, 3.8) is 0 Å². The minimum absolute atomic E-state index is 0. The molecule has 0 bridgehead atoms. The third kappa shape index (κ3) is 7.15. The molecule has 0 spiro atoms. The van der Waals surface area contributed by atoms with Gasteiger partial charge in [0.1, 0.15) is 6.54 Å². The zero-order valence-electron chi connectivity index (χ0n) is 16.4. The van der Waals surface area contributed by atoms with Crippen molar-refractivity contribution in [2.24, 2.45) is 4.99 Å². The molecule has 2 rings (SSSR count). The van der Waals surface area contributed by atoms with Crippen molar-refractivity contribution < 1.29 is 13.9 Å². The van der Waals surface area contributed by atoms with E-state index in [2.05, 4.69) is 15.6 Å². The van der Waals surface area contributed by atoms with Crippen LogP contribution in [0.2, 0.25) is 0 Å². The van der Waals surface area contributed by atoms with Crippen LogP contribution in [0, 0.1) is 5.82 Å². The lowest BCUT2D eigenvalue weighted by atomic mass is 10.1. The summed E-state index contributed by atoms with van der Waals surface area (Å²) in [6, 6.07) is 5.07. The summed E-state index contributed by atoms with van der Waals surface area (Å²) in [7, 11) is 4.86. The number of halogens is 2. The number of benzene rings is 1. The second kappa shape index (κ2) is 11.3. The Kier molecular flexibility index (Phi) is 9.82. The van der Waals surface area contributed by atoms with Crippen LogP contribution in [-0.2, 0) is 4.79 Å². The number of hydrogen-bond donors (Lipinski definition) is 2. The number of carbonyl (C=O) groups excluding carboxylic acids is 1. The van der Waals surface area contributed by atoms with Crippen molar-refractivity contribution in [3.8, 4) is 5.75 Å². The fourth-order valence-electron chi connectivity index (χ4n) is 2.92. The van der Waals surface area contributed by atoms with Crippen LogP contribution in [0.1, 0.15) is 44.2 Å². The number of rotatable bonds is 6. The second-order valence-electron chi connectivity index (χ2n) is 6.84. The van der Waals surface area contributed by atoms with Crippen LogP contribution in [0.4, 0.5) is 4.39 Å². The van der Waals surface area contributed by atoms with Crippen molar-refractivity contribution in [1.29, 1.82) is 0 Å². The summed E-state index contributed by atoms with van der Waals surface area (Å²) in [5.41, 5.74) is 0.781. The maximum Gasteiger partial charge on any atom is 0.243 e. The van der Waals surface area contributed by atoms with E-state index in [1.807, 2.05) is 13.0 Å².